The van der Waals surface area contributed by atoms with E-state index in [1.807, 2.05) is 29.2 Å². The summed E-state index contributed by atoms with van der Waals surface area (Å²) in [6.45, 7) is 2.31. The first-order chi connectivity index (χ1) is 16.3. The van der Waals surface area contributed by atoms with Gasteiger partial charge in [0, 0.05) is 46.1 Å². The van der Waals surface area contributed by atoms with Crippen molar-refractivity contribution in [2.75, 3.05) is 26.2 Å². The van der Waals surface area contributed by atoms with Gasteiger partial charge < -0.3 is 9.47 Å². The van der Waals surface area contributed by atoms with Gasteiger partial charge in [-0.15, -0.1) is 11.3 Å². The summed E-state index contributed by atoms with van der Waals surface area (Å²) in [7, 11) is -1.70. The molecule has 0 saturated carbocycles. The molecule has 0 atom stereocenters. The number of amides is 1. The average Bonchev–Trinajstić information content (AvgIpc) is 3.52. The zero-order valence-electron chi connectivity index (χ0n) is 19.1. The van der Waals surface area contributed by atoms with Crippen LogP contribution < -0.4 is 5.56 Å². The van der Waals surface area contributed by atoms with Crippen molar-refractivity contribution in [2.45, 2.75) is 36.3 Å². The lowest BCUT2D eigenvalue weighted by Crippen LogP contribution is -2.44. The van der Waals surface area contributed by atoms with Crippen LogP contribution in [-0.4, -0.2) is 59.3 Å². The van der Waals surface area contributed by atoms with Crippen LogP contribution in [0.4, 0.5) is 0 Å². The van der Waals surface area contributed by atoms with Gasteiger partial charge in [0.05, 0.1) is 11.0 Å². The molecule has 2 saturated heterocycles. The second kappa shape index (κ2) is 8.90. The van der Waals surface area contributed by atoms with Crippen LogP contribution in [0.2, 0.25) is 0 Å². The van der Waals surface area contributed by atoms with E-state index in [9.17, 15) is 18.0 Å². The molecule has 0 radical (unpaired) electrons. The van der Waals surface area contributed by atoms with Gasteiger partial charge in [-0.2, -0.15) is 4.31 Å². The van der Waals surface area contributed by atoms with Crippen molar-refractivity contribution in [3.05, 3.63) is 57.8 Å². The van der Waals surface area contributed by atoms with E-state index in [0.717, 1.165) is 30.3 Å². The summed E-state index contributed by atoms with van der Waals surface area (Å²) >= 11 is 1.25. The van der Waals surface area contributed by atoms with Gasteiger partial charge in [0.1, 0.15) is 9.90 Å². The van der Waals surface area contributed by atoms with E-state index in [0.29, 0.717) is 42.5 Å². The maximum absolute atomic E-state index is 13.0. The minimum absolute atomic E-state index is 0.0194. The van der Waals surface area contributed by atoms with Gasteiger partial charge >= 0.3 is 0 Å². The van der Waals surface area contributed by atoms with E-state index in [2.05, 4.69) is 4.98 Å². The molecule has 1 spiro atoms. The maximum Gasteiger partial charge on any atom is 0.272 e. The smallest absolute Gasteiger partial charge is 0.272 e. The number of nitrogens with zero attached hydrogens (tertiary/aromatic N) is 4. The number of hydrogen-bond acceptors (Lipinski definition) is 6. The SMILES string of the molecule is Cn1c(=O)c(CCC(=O)N2CCC3(CCN(S(=O)(=O)c4cccs4)CC3)C2)nc2ccccc21. The fourth-order valence-corrected chi connectivity index (χ4v) is 7.77. The fourth-order valence-electron chi connectivity index (χ4n) is 5.18. The summed E-state index contributed by atoms with van der Waals surface area (Å²) in [6.07, 6.45) is 2.96. The Morgan fingerprint density at radius 1 is 1.09 bits per heavy atom. The summed E-state index contributed by atoms with van der Waals surface area (Å²) in [6, 6.07) is 10.9. The van der Waals surface area contributed by atoms with Gasteiger partial charge in [0.25, 0.3) is 15.6 Å². The van der Waals surface area contributed by atoms with Crippen molar-refractivity contribution in [1.29, 1.82) is 0 Å². The molecule has 0 unspecified atom stereocenters. The predicted molar refractivity (Wildman–Crippen MR) is 131 cm³/mol. The van der Waals surface area contributed by atoms with E-state index in [-0.39, 0.29) is 23.3 Å². The van der Waals surface area contributed by atoms with Gasteiger partial charge in [-0.3, -0.25) is 9.59 Å². The quantitative estimate of drug-likeness (QED) is 0.537. The number of para-hydroxylation sites is 2. The van der Waals surface area contributed by atoms with Crippen LogP contribution >= 0.6 is 11.3 Å². The lowest BCUT2D eigenvalue weighted by atomic mass is 9.78. The van der Waals surface area contributed by atoms with Crippen molar-refractivity contribution in [1.82, 2.24) is 18.8 Å². The van der Waals surface area contributed by atoms with Crippen molar-refractivity contribution in [3.63, 3.8) is 0 Å². The minimum atomic E-state index is -3.42. The third kappa shape index (κ3) is 4.18. The molecule has 180 valence electrons. The molecule has 5 rings (SSSR count). The number of aryl methyl sites for hydroxylation is 2. The van der Waals surface area contributed by atoms with Gasteiger partial charge in [-0.05, 0) is 48.3 Å². The van der Waals surface area contributed by atoms with Crippen molar-refractivity contribution in [2.24, 2.45) is 12.5 Å². The van der Waals surface area contributed by atoms with Crippen LogP contribution in [0.15, 0.2) is 50.8 Å². The number of likely N-dealkylation sites (tertiary alicyclic amines) is 1. The van der Waals surface area contributed by atoms with Crippen molar-refractivity contribution < 1.29 is 13.2 Å². The van der Waals surface area contributed by atoms with Gasteiger partial charge in [-0.1, -0.05) is 18.2 Å². The highest BCUT2D eigenvalue weighted by atomic mass is 32.2. The van der Waals surface area contributed by atoms with E-state index >= 15 is 0 Å². The highest BCUT2D eigenvalue weighted by Crippen LogP contribution is 2.41. The molecule has 0 aliphatic carbocycles. The third-order valence-corrected chi connectivity index (χ3v) is 10.6. The molecule has 10 heteroatoms. The zero-order chi connectivity index (χ0) is 23.9. The van der Waals surface area contributed by atoms with Crippen molar-refractivity contribution >= 4 is 38.3 Å². The van der Waals surface area contributed by atoms with Gasteiger partial charge in [-0.25, -0.2) is 13.4 Å². The van der Waals surface area contributed by atoms with Crippen LogP contribution in [-0.2, 0) is 28.3 Å². The molecule has 2 aliphatic heterocycles. The Labute approximate surface area is 202 Å². The molecule has 2 aliphatic rings. The first-order valence-corrected chi connectivity index (χ1v) is 13.9. The Bertz CT molecular complexity index is 1370. The Kier molecular flexibility index (Phi) is 6.07. The lowest BCUT2D eigenvalue weighted by molar-refractivity contribution is -0.130. The first kappa shape index (κ1) is 23.2. The largest absolute Gasteiger partial charge is 0.342 e. The predicted octanol–water partition coefficient (Wildman–Crippen LogP) is 2.63. The fraction of sp³-hybridized carbons (Fsp3) is 0.458. The lowest BCUT2D eigenvalue weighted by Gasteiger charge is -2.38. The molecular formula is C24H28N4O4S2. The molecule has 8 nitrogen and oxygen atoms in total. The maximum atomic E-state index is 13.0. The molecule has 2 aromatic heterocycles. The summed E-state index contributed by atoms with van der Waals surface area (Å²) in [5.41, 5.74) is 1.75. The number of piperidine rings is 1. The number of aromatic nitrogens is 2. The summed E-state index contributed by atoms with van der Waals surface area (Å²) in [5, 5.41) is 1.78. The molecule has 0 N–H and O–H groups in total. The number of carbonyl (C=O) groups is 1. The Balaban J connectivity index is 1.20. The van der Waals surface area contributed by atoms with Crippen LogP contribution in [0.1, 0.15) is 31.4 Å². The van der Waals surface area contributed by atoms with E-state index < -0.39 is 10.0 Å². The second-order valence-electron chi connectivity index (χ2n) is 9.31. The standard InChI is InChI=1S/C24H28N4O4S2/c1-26-20-6-3-2-5-18(20)25-19(23(26)30)8-9-21(29)27-13-10-24(17-27)11-14-28(15-12-24)34(31,32)22-7-4-16-33-22/h2-7,16H,8-15,17H2,1H3. The number of sulfonamides is 1. The molecule has 0 bridgehead atoms. The Morgan fingerprint density at radius 2 is 1.82 bits per heavy atom. The third-order valence-electron chi connectivity index (χ3n) is 7.29. The molecule has 1 aromatic carbocycles. The molecule has 2 fully saturated rings. The monoisotopic (exact) mass is 500 g/mol. The first-order valence-electron chi connectivity index (χ1n) is 11.6. The van der Waals surface area contributed by atoms with E-state index in [1.54, 1.807) is 33.4 Å². The minimum Gasteiger partial charge on any atom is -0.342 e. The molecule has 34 heavy (non-hydrogen) atoms. The van der Waals surface area contributed by atoms with Crippen molar-refractivity contribution in [3.8, 4) is 0 Å². The Hall–Kier alpha value is -2.56. The number of rotatable bonds is 5. The van der Waals surface area contributed by atoms with Crippen LogP contribution in [0, 0.1) is 5.41 Å². The molecular weight excluding hydrogens is 472 g/mol. The normalized spacial score (nSPS) is 18.7. The number of benzene rings is 1. The number of carbonyl (C=O) groups excluding carboxylic acids is 1. The van der Waals surface area contributed by atoms with Gasteiger partial charge in [0.2, 0.25) is 5.91 Å². The topological polar surface area (TPSA) is 92.6 Å². The zero-order valence-corrected chi connectivity index (χ0v) is 20.8. The molecule has 4 heterocycles. The summed E-state index contributed by atoms with van der Waals surface area (Å²) in [4.78, 5) is 32.0. The highest BCUT2D eigenvalue weighted by molar-refractivity contribution is 7.91. The molecule has 1 amide bonds. The average molecular weight is 501 g/mol. The van der Waals surface area contributed by atoms with Crippen LogP contribution in [0.25, 0.3) is 11.0 Å². The van der Waals surface area contributed by atoms with Crippen LogP contribution in [0.3, 0.4) is 0 Å². The van der Waals surface area contributed by atoms with E-state index in [4.69, 9.17) is 0 Å². The summed E-state index contributed by atoms with van der Waals surface area (Å²) < 4.78 is 29.2. The number of fused-ring (bicyclic) bond motifs is 1. The number of thiophene rings is 1. The number of hydrogen-bond donors (Lipinski definition) is 0. The second-order valence-corrected chi connectivity index (χ2v) is 12.4. The van der Waals surface area contributed by atoms with E-state index in [1.165, 1.54) is 11.3 Å². The van der Waals surface area contributed by atoms with Gasteiger partial charge in [0.15, 0.2) is 0 Å². The molecule has 3 aromatic rings. The highest BCUT2D eigenvalue weighted by Gasteiger charge is 2.44. The summed E-state index contributed by atoms with van der Waals surface area (Å²) in [5.74, 6) is 0.0301. The Morgan fingerprint density at radius 3 is 2.56 bits per heavy atom. The van der Waals surface area contributed by atoms with Crippen LogP contribution in [0.5, 0.6) is 0 Å².